The van der Waals surface area contributed by atoms with Crippen LogP contribution in [0.1, 0.15) is 12.8 Å². The second-order valence-electron chi connectivity index (χ2n) is 5.88. The molecule has 0 amide bonds. The number of anilines is 1. The maximum atomic E-state index is 13.3. The van der Waals surface area contributed by atoms with E-state index in [1.54, 1.807) is 18.3 Å². The number of nitrogens with one attached hydrogen (secondary N) is 1. The average Bonchev–Trinajstić information content (AvgIpc) is 3.32. The van der Waals surface area contributed by atoms with Crippen LogP contribution < -0.4 is 5.32 Å². The maximum absolute atomic E-state index is 13.3. The number of ether oxygens (including phenoxy) is 1. The normalized spacial score (nSPS) is 16.9. The average molecular weight is 340 g/mol. The molecule has 2 aromatic heterocycles. The fraction of sp³-hybridized carbons (Fsp3) is 0.278. The van der Waals surface area contributed by atoms with Gasteiger partial charge in [-0.2, -0.15) is 4.98 Å². The van der Waals surface area contributed by atoms with E-state index in [1.165, 1.54) is 12.1 Å². The number of rotatable bonds is 5. The van der Waals surface area contributed by atoms with Gasteiger partial charge in [-0.3, -0.25) is 0 Å². The molecule has 0 spiro atoms. The Hall–Kier alpha value is -2.80. The monoisotopic (exact) mass is 340 g/mol. The number of halogens is 1. The van der Waals surface area contributed by atoms with Crippen LogP contribution in [0.5, 0.6) is 0 Å². The van der Waals surface area contributed by atoms with Crippen molar-refractivity contribution in [3.05, 3.63) is 48.4 Å². The second kappa shape index (κ2) is 6.98. The number of hydrogen-bond donors (Lipinski definition) is 1. The molecule has 1 aromatic carbocycles. The largest absolute Gasteiger partial charge is 0.376 e. The highest BCUT2D eigenvalue weighted by Crippen LogP contribution is 2.23. The fourth-order valence-electron chi connectivity index (χ4n) is 2.73. The van der Waals surface area contributed by atoms with E-state index in [0.717, 1.165) is 31.8 Å². The fourth-order valence-corrected chi connectivity index (χ4v) is 2.73. The maximum Gasteiger partial charge on any atom is 0.259 e. The topological polar surface area (TPSA) is 73.1 Å². The van der Waals surface area contributed by atoms with Gasteiger partial charge in [-0.15, -0.1) is 0 Å². The van der Waals surface area contributed by atoms with Crippen LogP contribution in [0.2, 0.25) is 0 Å². The van der Waals surface area contributed by atoms with Gasteiger partial charge in [0.1, 0.15) is 11.6 Å². The highest BCUT2D eigenvalue weighted by molar-refractivity contribution is 5.60. The predicted molar refractivity (Wildman–Crippen MR) is 90.4 cm³/mol. The van der Waals surface area contributed by atoms with Crippen molar-refractivity contribution in [2.45, 2.75) is 18.9 Å². The lowest BCUT2D eigenvalue weighted by atomic mass is 10.2. The third-order valence-corrected chi connectivity index (χ3v) is 4.05. The lowest BCUT2D eigenvalue weighted by molar-refractivity contribution is 0.120. The first-order valence-electron chi connectivity index (χ1n) is 8.19. The minimum absolute atomic E-state index is 0.256. The molecule has 4 rings (SSSR count). The molecule has 7 heteroatoms. The summed E-state index contributed by atoms with van der Waals surface area (Å²) in [6, 6.07) is 9.79. The minimum Gasteiger partial charge on any atom is -0.376 e. The summed E-state index contributed by atoms with van der Waals surface area (Å²) in [6.07, 6.45) is 4.12. The van der Waals surface area contributed by atoms with Crippen molar-refractivity contribution in [2.75, 3.05) is 18.5 Å². The van der Waals surface area contributed by atoms with Gasteiger partial charge in [0.2, 0.25) is 5.82 Å². The SMILES string of the molecule is Fc1cccc(-c2noc(-c3ccc(NC[C@@H]4CCCO4)nc3)n2)c1. The van der Waals surface area contributed by atoms with Crippen LogP contribution in [0, 0.1) is 5.82 Å². The summed E-state index contributed by atoms with van der Waals surface area (Å²) in [6.45, 7) is 1.58. The van der Waals surface area contributed by atoms with Crippen molar-refractivity contribution >= 4 is 5.82 Å². The Morgan fingerprint density at radius 1 is 1.20 bits per heavy atom. The van der Waals surface area contributed by atoms with E-state index in [2.05, 4.69) is 20.4 Å². The Bertz CT molecular complexity index is 844. The van der Waals surface area contributed by atoms with Gasteiger partial charge in [0.05, 0.1) is 11.7 Å². The van der Waals surface area contributed by atoms with Gasteiger partial charge in [-0.25, -0.2) is 9.37 Å². The molecule has 6 nitrogen and oxygen atoms in total. The van der Waals surface area contributed by atoms with Gasteiger partial charge in [0.15, 0.2) is 0 Å². The summed E-state index contributed by atoms with van der Waals surface area (Å²) >= 11 is 0. The van der Waals surface area contributed by atoms with Crippen molar-refractivity contribution in [3.63, 3.8) is 0 Å². The molecule has 0 saturated carbocycles. The lowest BCUT2D eigenvalue weighted by Gasteiger charge is -2.11. The first-order chi connectivity index (χ1) is 12.3. The zero-order chi connectivity index (χ0) is 17.1. The number of aromatic nitrogens is 3. The number of pyridine rings is 1. The third-order valence-electron chi connectivity index (χ3n) is 4.05. The standard InChI is InChI=1S/C18H17FN4O2/c19-14-4-1-3-12(9-14)17-22-18(25-23-17)13-6-7-16(20-10-13)21-11-15-5-2-8-24-15/h1,3-4,6-7,9-10,15H,2,5,8,11H2,(H,20,21)/t15-/m0/s1. The first kappa shape index (κ1) is 15.7. The summed E-state index contributed by atoms with van der Waals surface area (Å²) in [5, 5.41) is 7.16. The van der Waals surface area contributed by atoms with E-state index in [4.69, 9.17) is 9.26 Å². The summed E-state index contributed by atoms with van der Waals surface area (Å²) in [5.74, 6) is 1.11. The molecule has 0 unspecified atom stereocenters. The van der Waals surface area contributed by atoms with E-state index in [1.807, 2.05) is 12.1 Å². The van der Waals surface area contributed by atoms with Gasteiger partial charge in [-0.1, -0.05) is 17.3 Å². The Labute approximate surface area is 144 Å². The molecule has 25 heavy (non-hydrogen) atoms. The Morgan fingerprint density at radius 3 is 2.92 bits per heavy atom. The van der Waals surface area contributed by atoms with Gasteiger partial charge in [0, 0.05) is 24.9 Å². The predicted octanol–water partition coefficient (Wildman–Crippen LogP) is 3.53. The van der Waals surface area contributed by atoms with Crippen LogP contribution in [0.15, 0.2) is 47.1 Å². The summed E-state index contributed by atoms with van der Waals surface area (Å²) in [5.41, 5.74) is 1.27. The summed E-state index contributed by atoms with van der Waals surface area (Å²) in [7, 11) is 0. The molecule has 3 heterocycles. The Morgan fingerprint density at radius 2 is 2.16 bits per heavy atom. The molecule has 1 aliphatic rings. The van der Waals surface area contributed by atoms with Gasteiger partial charge < -0.3 is 14.6 Å². The molecule has 1 fully saturated rings. The molecule has 0 radical (unpaired) electrons. The number of hydrogen-bond acceptors (Lipinski definition) is 6. The van der Waals surface area contributed by atoms with E-state index in [9.17, 15) is 4.39 Å². The zero-order valence-corrected chi connectivity index (χ0v) is 13.5. The summed E-state index contributed by atoms with van der Waals surface area (Å²) < 4.78 is 24.1. The smallest absolute Gasteiger partial charge is 0.259 e. The van der Waals surface area contributed by atoms with Crippen molar-refractivity contribution in [1.82, 2.24) is 15.1 Å². The van der Waals surface area contributed by atoms with Gasteiger partial charge in [-0.05, 0) is 37.1 Å². The minimum atomic E-state index is -0.341. The van der Waals surface area contributed by atoms with E-state index in [-0.39, 0.29) is 11.9 Å². The zero-order valence-electron chi connectivity index (χ0n) is 13.5. The lowest BCUT2D eigenvalue weighted by Crippen LogP contribution is -2.18. The molecule has 128 valence electrons. The van der Waals surface area contributed by atoms with E-state index < -0.39 is 0 Å². The van der Waals surface area contributed by atoms with Crippen LogP contribution in [-0.2, 0) is 4.74 Å². The van der Waals surface area contributed by atoms with Gasteiger partial charge in [0.25, 0.3) is 5.89 Å². The molecule has 3 aromatic rings. The highest BCUT2D eigenvalue weighted by atomic mass is 19.1. The van der Waals surface area contributed by atoms with E-state index in [0.29, 0.717) is 22.8 Å². The third kappa shape index (κ3) is 3.66. The van der Waals surface area contributed by atoms with Crippen LogP contribution >= 0.6 is 0 Å². The highest BCUT2D eigenvalue weighted by Gasteiger charge is 2.15. The molecule has 1 aliphatic heterocycles. The Balaban J connectivity index is 1.45. The Kier molecular flexibility index (Phi) is 4.39. The first-order valence-corrected chi connectivity index (χ1v) is 8.19. The number of nitrogens with zero attached hydrogens (tertiary/aromatic N) is 3. The quantitative estimate of drug-likeness (QED) is 0.766. The molecule has 1 saturated heterocycles. The van der Waals surface area contributed by atoms with E-state index >= 15 is 0 Å². The van der Waals surface area contributed by atoms with Crippen molar-refractivity contribution in [2.24, 2.45) is 0 Å². The van der Waals surface area contributed by atoms with Gasteiger partial charge >= 0.3 is 0 Å². The molecule has 1 atom stereocenters. The van der Waals surface area contributed by atoms with Crippen molar-refractivity contribution < 1.29 is 13.7 Å². The van der Waals surface area contributed by atoms with Crippen LogP contribution in [0.4, 0.5) is 10.2 Å². The number of benzene rings is 1. The van der Waals surface area contributed by atoms with Crippen molar-refractivity contribution in [3.8, 4) is 22.8 Å². The van der Waals surface area contributed by atoms with Crippen LogP contribution in [0.25, 0.3) is 22.8 Å². The molecule has 0 bridgehead atoms. The van der Waals surface area contributed by atoms with Crippen LogP contribution in [0.3, 0.4) is 0 Å². The molecule has 0 aliphatic carbocycles. The molecular weight excluding hydrogens is 323 g/mol. The van der Waals surface area contributed by atoms with Crippen molar-refractivity contribution in [1.29, 1.82) is 0 Å². The summed E-state index contributed by atoms with van der Waals surface area (Å²) in [4.78, 5) is 8.66. The van der Waals surface area contributed by atoms with Crippen LogP contribution in [-0.4, -0.2) is 34.4 Å². The molecular formula is C18H17FN4O2. The molecule has 1 N–H and O–H groups in total. The second-order valence-corrected chi connectivity index (χ2v) is 5.88.